The Balaban J connectivity index is 2.32. The number of carboxylic acid groups (broad SMARTS) is 1. The molecular weight excluding hydrogens is 272 g/mol. The molecule has 1 heterocycles. The first-order valence-electron chi connectivity index (χ1n) is 6.65. The van der Waals surface area contributed by atoms with Crippen LogP contribution in [0.4, 0.5) is 5.69 Å². The number of benzene rings is 1. The molecule has 6 heteroatoms. The average molecular weight is 290 g/mol. The quantitative estimate of drug-likeness (QED) is 0.883. The van der Waals surface area contributed by atoms with E-state index in [9.17, 15) is 14.4 Å². The van der Waals surface area contributed by atoms with E-state index in [4.69, 9.17) is 5.11 Å². The standard InChI is InChI=1S/C15H18N2O4/c1-15(2,3)17(8-13(19)20)14(21)10-5-4-9-7-12(18)16-11(9)6-10/h4-6H,7-8H2,1-3H3,(H,16,18)(H,19,20). The van der Waals surface area contributed by atoms with Gasteiger partial charge in [-0.25, -0.2) is 0 Å². The minimum atomic E-state index is -1.06. The van der Waals surface area contributed by atoms with Crippen molar-refractivity contribution in [3.63, 3.8) is 0 Å². The molecule has 0 atom stereocenters. The Bertz CT molecular complexity index is 617. The summed E-state index contributed by atoms with van der Waals surface area (Å²) >= 11 is 0. The lowest BCUT2D eigenvalue weighted by Gasteiger charge is -2.34. The van der Waals surface area contributed by atoms with Gasteiger partial charge in [0.1, 0.15) is 6.54 Å². The zero-order chi connectivity index (χ0) is 15.8. The number of hydrogen-bond acceptors (Lipinski definition) is 3. The van der Waals surface area contributed by atoms with Crippen LogP contribution < -0.4 is 5.32 Å². The Hall–Kier alpha value is -2.37. The van der Waals surface area contributed by atoms with Crippen molar-refractivity contribution in [2.75, 3.05) is 11.9 Å². The van der Waals surface area contributed by atoms with Crippen molar-refractivity contribution in [1.82, 2.24) is 4.90 Å². The van der Waals surface area contributed by atoms with Gasteiger partial charge >= 0.3 is 5.97 Å². The van der Waals surface area contributed by atoms with Crippen LogP contribution in [0, 0.1) is 0 Å². The van der Waals surface area contributed by atoms with E-state index in [1.807, 2.05) is 0 Å². The SMILES string of the molecule is CC(C)(C)N(CC(=O)O)C(=O)c1ccc2c(c1)NC(=O)C2. The van der Waals surface area contributed by atoms with E-state index in [2.05, 4.69) is 5.32 Å². The number of amides is 2. The maximum Gasteiger partial charge on any atom is 0.323 e. The van der Waals surface area contributed by atoms with Crippen molar-refractivity contribution in [1.29, 1.82) is 0 Å². The third-order valence-corrected chi connectivity index (χ3v) is 3.33. The number of rotatable bonds is 3. The molecule has 0 radical (unpaired) electrons. The third kappa shape index (κ3) is 3.21. The molecule has 21 heavy (non-hydrogen) atoms. The lowest BCUT2D eigenvalue weighted by atomic mass is 10.0. The van der Waals surface area contributed by atoms with Gasteiger partial charge < -0.3 is 15.3 Å². The molecule has 6 nitrogen and oxygen atoms in total. The number of nitrogens with one attached hydrogen (secondary N) is 1. The fourth-order valence-corrected chi connectivity index (χ4v) is 2.25. The van der Waals surface area contributed by atoms with E-state index in [-0.39, 0.29) is 18.4 Å². The predicted octanol–water partition coefficient (Wildman–Crippen LogP) is 1.51. The highest BCUT2D eigenvalue weighted by molar-refractivity contribution is 6.02. The molecule has 112 valence electrons. The van der Waals surface area contributed by atoms with Crippen LogP contribution in [0.1, 0.15) is 36.7 Å². The van der Waals surface area contributed by atoms with Crippen LogP contribution in [-0.2, 0) is 16.0 Å². The zero-order valence-electron chi connectivity index (χ0n) is 12.3. The van der Waals surface area contributed by atoms with Gasteiger partial charge in [-0.05, 0) is 38.5 Å². The zero-order valence-corrected chi connectivity index (χ0v) is 12.3. The summed E-state index contributed by atoms with van der Waals surface area (Å²) in [6.07, 6.45) is 0.307. The number of hydrogen-bond donors (Lipinski definition) is 2. The molecule has 1 aliphatic rings. The molecule has 0 bridgehead atoms. The number of fused-ring (bicyclic) bond motifs is 1. The molecule has 1 aliphatic heterocycles. The fraction of sp³-hybridized carbons (Fsp3) is 0.400. The number of carbonyl (C=O) groups is 3. The van der Waals surface area contributed by atoms with Crippen molar-refractivity contribution >= 4 is 23.5 Å². The average Bonchev–Trinajstić information content (AvgIpc) is 2.72. The lowest BCUT2D eigenvalue weighted by molar-refractivity contribution is -0.138. The van der Waals surface area contributed by atoms with Crippen molar-refractivity contribution in [2.45, 2.75) is 32.7 Å². The smallest absolute Gasteiger partial charge is 0.323 e. The largest absolute Gasteiger partial charge is 0.480 e. The van der Waals surface area contributed by atoms with Crippen molar-refractivity contribution in [2.24, 2.45) is 0 Å². The Labute approximate surface area is 122 Å². The van der Waals surface area contributed by atoms with Crippen LogP contribution in [0.15, 0.2) is 18.2 Å². The molecule has 0 unspecified atom stereocenters. The number of carbonyl (C=O) groups excluding carboxylic acids is 2. The number of carboxylic acids is 1. The number of nitrogens with zero attached hydrogens (tertiary/aromatic N) is 1. The molecule has 2 N–H and O–H groups in total. The van der Waals surface area contributed by atoms with E-state index >= 15 is 0 Å². The van der Waals surface area contributed by atoms with Gasteiger partial charge in [-0.15, -0.1) is 0 Å². The molecule has 1 aromatic rings. The second-order valence-electron chi connectivity index (χ2n) is 6.05. The molecule has 0 saturated heterocycles. The minimum Gasteiger partial charge on any atom is -0.480 e. The Morgan fingerprint density at radius 2 is 2.00 bits per heavy atom. The van der Waals surface area contributed by atoms with Crippen LogP contribution in [0.5, 0.6) is 0 Å². The molecule has 2 amide bonds. The second-order valence-corrected chi connectivity index (χ2v) is 6.05. The highest BCUT2D eigenvalue weighted by atomic mass is 16.4. The summed E-state index contributed by atoms with van der Waals surface area (Å²) < 4.78 is 0. The highest BCUT2D eigenvalue weighted by Gasteiger charge is 2.30. The van der Waals surface area contributed by atoms with Crippen molar-refractivity contribution < 1.29 is 19.5 Å². The van der Waals surface area contributed by atoms with E-state index in [1.54, 1.807) is 39.0 Å². The molecule has 2 rings (SSSR count). The van der Waals surface area contributed by atoms with Gasteiger partial charge in [0.25, 0.3) is 5.91 Å². The monoisotopic (exact) mass is 290 g/mol. The summed E-state index contributed by atoms with van der Waals surface area (Å²) in [7, 11) is 0. The maximum absolute atomic E-state index is 12.6. The molecular formula is C15H18N2O4. The lowest BCUT2D eigenvalue weighted by Crippen LogP contribution is -2.48. The van der Waals surface area contributed by atoms with Crippen LogP contribution in [-0.4, -0.2) is 39.9 Å². The normalized spacial score (nSPS) is 13.6. The first kappa shape index (κ1) is 15.0. The van der Waals surface area contributed by atoms with Crippen LogP contribution in [0.2, 0.25) is 0 Å². The Morgan fingerprint density at radius 1 is 1.33 bits per heavy atom. The first-order chi connectivity index (χ1) is 9.68. The Kier molecular flexibility index (Phi) is 3.72. The van der Waals surface area contributed by atoms with E-state index in [0.29, 0.717) is 17.7 Å². The Morgan fingerprint density at radius 3 is 2.57 bits per heavy atom. The van der Waals surface area contributed by atoms with Gasteiger partial charge in [0.2, 0.25) is 5.91 Å². The summed E-state index contributed by atoms with van der Waals surface area (Å²) in [5.74, 6) is -1.53. The van der Waals surface area contributed by atoms with Crippen LogP contribution in [0.3, 0.4) is 0 Å². The van der Waals surface area contributed by atoms with E-state index in [1.165, 1.54) is 4.90 Å². The van der Waals surface area contributed by atoms with Gasteiger partial charge in [0.05, 0.1) is 6.42 Å². The third-order valence-electron chi connectivity index (χ3n) is 3.33. The topological polar surface area (TPSA) is 86.7 Å². The molecule has 0 aromatic heterocycles. The van der Waals surface area contributed by atoms with Gasteiger partial charge in [-0.1, -0.05) is 6.07 Å². The summed E-state index contributed by atoms with van der Waals surface area (Å²) in [4.78, 5) is 36.2. The maximum atomic E-state index is 12.6. The van der Waals surface area contributed by atoms with Gasteiger partial charge in [0.15, 0.2) is 0 Å². The van der Waals surface area contributed by atoms with Crippen molar-refractivity contribution in [3.8, 4) is 0 Å². The number of aliphatic carboxylic acids is 1. The highest BCUT2D eigenvalue weighted by Crippen LogP contribution is 2.26. The molecule has 1 aromatic carbocycles. The van der Waals surface area contributed by atoms with Crippen molar-refractivity contribution in [3.05, 3.63) is 29.3 Å². The van der Waals surface area contributed by atoms with E-state index < -0.39 is 11.5 Å². The summed E-state index contributed by atoms with van der Waals surface area (Å²) in [6.45, 7) is 4.97. The van der Waals surface area contributed by atoms with E-state index in [0.717, 1.165) is 5.56 Å². The molecule has 0 saturated carbocycles. The predicted molar refractivity (Wildman–Crippen MR) is 77.2 cm³/mol. The van der Waals surface area contributed by atoms with Crippen LogP contribution in [0.25, 0.3) is 0 Å². The van der Waals surface area contributed by atoms with Gasteiger partial charge in [-0.2, -0.15) is 0 Å². The number of anilines is 1. The minimum absolute atomic E-state index is 0.104. The van der Waals surface area contributed by atoms with Crippen LogP contribution >= 0.6 is 0 Å². The molecule has 0 fully saturated rings. The van der Waals surface area contributed by atoms with Gasteiger partial charge in [0, 0.05) is 16.8 Å². The van der Waals surface area contributed by atoms with Gasteiger partial charge in [-0.3, -0.25) is 14.4 Å². The second kappa shape index (κ2) is 5.20. The fourth-order valence-electron chi connectivity index (χ4n) is 2.25. The summed E-state index contributed by atoms with van der Waals surface area (Å²) in [6, 6.07) is 4.95. The summed E-state index contributed by atoms with van der Waals surface area (Å²) in [5, 5.41) is 11.7. The molecule has 0 aliphatic carbocycles. The molecule has 0 spiro atoms. The first-order valence-corrected chi connectivity index (χ1v) is 6.65. The summed E-state index contributed by atoms with van der Waals surface area (Å²) in [5.41, 5.74) is 1.22.